The first-order chi connectivity index (χ1) is 13.6. The summed E-state index contributed by atoms with van der Waals surface area (Å²) in [5.74, 6) is -0.179. The molecule has 0 atom stereocenters. The maximum Gasteiger partial charge on any atom is 0.308 e. The van der Waals surface area contributed by atoms with Crippen molar-refractivity contribution in [3.63, 3.8) is 0 Å². The number of esters is 1. The number of nitrogens with one attached hydrogen (secondary N) is 1. The minimum atomic E-state index is -0.371. The number of amides is 1. The van der Waals surface area contributed by atoms with Gasteiger partial charge in [0.25, 0.3) is 5.91 Å². The largest absolute Gasteiger partial charge is 0.427 e. The molecule has 0 spiro atoms. The van der Waals surface area contributed by atoms with Crippen LogP contribution in [0.4, 0.5) is 0 Å². The Bertz CT molecular complexity index is 826. The summed E-state index contributed by atoms with van der Waals surface area (Å²) in [5.41, 5.74) is 5.00. The summed E-state index contributed by atoms with van der Waals surface area (Å²) in [7, 11) is 0. The number of rotatable bonds is 6. The van der Waals surface area contributed by atoms with Gasteiger partial charge in [-0.15, -0.1) is 0 Å². The van der Waals surface area contributed by atoms with Crippen LogP contribution in [-0.2, 0) is 16.1 Å². The zero-order chi connectivity index (χ0) is 19.8. The van der Waals surface area contributed by atoms with Crippen LogP contribution in [0.2, 0.25) is 0 Å². The molecule has 28 heavy (non-hydrogen) atoms. The Morgan fingerprint density at radius 2 is 1.79 bits per heavy atom. The molecule has 0 bridgehead atoms. The molecular weight excluding hydrogens is 358 g/mol. The lowest BCUT2D eigenvalue weighted by Crippen LogP contribution is -2.35. The highest BCUT2D eigenvalue weighted by Crippen LogP contribution is 2.11. The Hall–Kier alpha value is -3.03. The van der Waals surface area contributed by atoms with Gasteiger partial charge in [0.05, 0.1) is 19.4 Å². The van der Waals surface area contributed by atoms with Crippen LogP contribution in [0.3, 0.4) is 0 Å². The molecule has 1 fully saturated rings. The first kappa shape index (κ1) is 19.7. The molecule has 3 rings (SSSR count). The number of hydrazone groups is 1. The van der Waals surface area contributed by atoms with Gasteiger partial charge < -0.3 is 9.47 Å². The molecule has 2 aromatic rings. The molecule has 7 nitrogen and oxygen atoms in total. The zero-order valence-corrected chi connectivity index (χ0v) is 15.8. The fourth-order valence-electron chi connectivity index (χ4n) is 2.80. The normalized spacial score (nSPS) is 14.8. The Morgan fingerprint density at radius 3 is 2.43 bits per heavy atom. The molecule has 0 aromatic heterocycles. The second-order valence-electron chi connectivity index (χ2n) is 6.45. The van der Waals surface area contributed by atoms with Crippen molar-refractivity contribution in [3.8, 4) is 5.75 Å². The van der Waals surface area contributed by atoms with E-state index in [-0.39, 0.29) is 11.9 Å². The number of hydrogen-bond acceptors (Lipinski definition) is 6. The third kappa shape index (κ3) is 6.00. The van der Waals surface area contributed by atoms with Crippen molar-refractivity contribution in [2.75, 3.05) is 26.3 Å². The highest BCUT2D eigenvalue weighted by molar-refractivity contribution is 5.94. The van der Waals surface area contributed by atoms with Gasteiger partial charge in [-0.2, -0.15) is 5.10 Å². The van der Waals surface area contributed by atoms with Crippen LogP contribution in [0.25, 0.3) is 0 Å². The lowest BCUT2D eigenvalue weighted by Gasteiger charge is -2.26. The molecule has 1 aliphatic heterocycles. The second-order valence-corrected chi connectivity index (χ2v) is 6.45. The number of carbonyl (C=O) groups is 2. The van der Waals surface area contributed by atoms with Crippen LogP contribution in [0.5, 0.6) is 5.75 Å². The maximum absolute atomic E-state index is 12.2. The average molecular weight is 381 g/mol. The molecule has 0 radical (unpaired) electrons. The van der Waals surface area contributed by atoms with E-state index in [1.807, 2.05) is 12.1 Å². The highest BCUT2D eigenvalue weighted by atomic mass is 16.5. The third-order valence-corrected chi connectivity index (χ3v) is 4.25. The first-order valence-corrected chi connectivity index (χ1v) is 9.11. The standard InChI is InChI=1S/C21H23N3O4/c1-16(25)28-20-8-4-17(5-9-20)14-22-23-21(26)19-6-2-18(3-7-19)15-24-10-12-27-13-11-24/h2-9,14H,10-13,15H2,1H3,(H,23,26). The van der Waals surface area contributed by atoms with Crippen molar-refractivity contribution in [1.82, 2.24) is 10.3 Å². The fourth-order valence-corrected chi connectivity index (χ4v) is 2.80. The number of carbonyl (C=O) groups excluding carboxylic acids is 2. The predicted octanol–water partition coefficient (Wildman–Crippen LogP) is 2.21. The fraction of sp³-hybridized carbons (Fsp3) is 0.286. The second kappa shape index (κ2) is 9.77. The van der Waals surface area contributed by atoms with Gasteiger partial charge in [-0.25, -0.2) is 5.43 Å². The van der Waals surface area contributed by atoms with Gasteiger partial charge >= 0.3 is 5.97 Å². The van der Waals surface area contributed by atoms with E-state index in [0.29, 0.717) is 11.3 Å². The van der Waals surface area contributed by atoms with E-state index in [2.05, 4.69) is 15.4 Å². The summed E-state index contributed by atoms with van der Waals surface area (Å²) >= 11 is 0. The molecule has 0 unspecified atom stereocenters. The monoisotopic (exact) mass is 381 g/mol. The summed E-state index contributed by atoms with van der Waals surface area (Å²) in [6, 6.07) is 14.3. The van der Waals surface area contributed by atoms with Gasteiger partial charge in [0.1, 0.15) is 5.75 Å². The van der Waals surface area contributed by atoms with Crippen LogP contribution >= 0.6 is 0 Å². The lowest BCUT2D eigenvalue weighted by atomic mass is 10.1. The van der Waals surface area contributed by atoms with E-state index in [4.69, 9.17) is 9.47 Å². The summed E-state index contributed by atoms with van der Waals surface area (Å²) in [4.78, 5) is 25.4. The molecule has 146 valence electrons. The van der Waals surface area contributed by atoms with E-state index in [1.165, 1.54) is 13.1 Å². The number of nitrogens with zero attached hydrogens (tertiary/aromatic N) is 2. The molecular formula is C21H23N3O4. The number of hydrogen-bond donors (Lipinski definition) is 1. The Kier molecular flexibility index (Phi) is 6.89. The third-order valence-electron chi connectivity index (χ3n) is 4.25. The predicted molar refractivity (Wildman–Crippen MR) is 105 cm³/mol. The first-order valence-electron chi connectivity index (χ1n) is 9.11. The van der Waals surface area contributed by atoms with Gasteiger partial charge in [0.2, 0.25) is 0 Å². The van der Waals surface area contributed by atoms with Crippen molar-refractivity contribution in [3.05, 3.63) is 65.2 Å². The molecule has 1 saturated heterocycles. The number of ether oxygens (including phenoxy) is 2. The van der Waals surface area contributed by atoms with E-state index < -0.39 is 0 Å². The van der Waals surface area contributed by atoms with Gasteiger partial charge in [-0.1, -0.05) is 12.1 Å². The smallest absolute Gasteiger partial charge is 0.308 e. The van der Waals surface area contributed by atoms with Gasteiger partial charge in [0.15, 0.2) is 0 Å². The van der Waals surface area contributed by atoms with Crippen LogP contribution in [0.1, 0.15) is 28.4 Å². The Labute approximate surface area is 163 Å². The highest BCUT2D eigenvalue weighted by Gasteiger charge is 2.11. The summed E-state index contributed by atoms with van der Waals surface area (Å²) < 4.78 is 10.3. The van der Waals surface area contributed by atoms with Crippen molar-refractivity contribution >= 4 is 18.1 Å². The summed E-state index contributed by atoms with van der Waals surface area (Å²) in [6.07, 6.45) is 1.53. The van der Waals surface area contributed by atoms with E-state index in [0.717, 1.165) is 44.0 Å². The zero-order valence-electron chi connectivity index (χ0n) is 15.8. The molecule has 1 aliphatic rings. The molecule has 1 amide bonds. The van der Waals surface area contributed by atoms with E-state index in [1.54, 1.807) is 36.4 Å². The van der Waals surface area contributed by atoms with Crippen molar-refractivity contribution in [2.45, 2.75) is 13.5 Å². The van der Waals surface area contributed by atoms with Crippen molar-refractivity contribution < 1.29 is 19.1 Å². The molecule has 0 aliphatic carbocycles. The minimum Gasteiger partial charge on any atom is -0.427 e. The van der Waals surface area contributed by atoms with Crippen molar-refractivity contribution in [1.29, 1.82) is 0 Å². The topological polar surface area (TPSA) is 80.2 Å². The minimum absolute atomic E-state index is 0.272. The molecule has 0 saturated carbocycles. The van der Waals surface area contributed by atoms with E-state index in [9.17, 15) is 9.59 Å². The van der Waals surface area contributed by atoms with Crippen LogP contribution < -0.4 is 10.2 Å². The molecule has 7 heteroatoms. The van der Waals surface area contributed by atoms with Gasteiger partial charge in [-0.05, 0) is 47.5 Å². The van der Waals surface area contributed by atoms with Crippen LogP contribution in [-0.4, -0.2) is 49.3 Å². The van der Waals surface area contributed by atoms with E-state index >= 15 is 0 Å². The molecule has 1 heterocycles. The van der Waals surface area contributed by atoms with Gasteiger partial charge in [0, 0.05) is 32.1 Å². The average Bonchev–Trinajstić information content (AvgIpc) is 2.70. The Balaban J connectivity index is 1.50. The van der Waals surface area contributed by atoms with Crippen LogP contribution in [0.15, 0.2) is 53.6 Å². The Morgan fingerprint density at radius 1 is 1.11 bits per heavy atom. The number of morpholine rings is 1. The SMILES string of the molecule is CC(=O)Oc1ccc(C=NNC(=O)c2ccc(CN3CCOCC3)cc2)cc1. The summed E-state index contributed by atoms with van der Waals surface area (Å²) in [5, 5.41) is 3.97. The number of benzene rings is 2. The lowest BCUT2D eigenvalue weighted by molar-refractivity contribution is -0.131. The summed E-state index contributed by atoms with van der Waals surface area (Å²) in [6.45, 7) is 5.60. The molecule has 2 aromatic carbocycles. The van der Waals surface area contributed by atoms with Crippen LogP contribution in [0, 0.1) is 0 Å². The maximum atomic E-state index is 12.2. The van der Waals surface area contributed by atoms with Gasteiger partial charge in [-0.3, -0.25) is 14.5 Å². The molecule has 1 N–H and O–H groups in total. The quantitative estimate of drug-likeness (QED) is 0.359. The van der Waals surface area contributed by atoms with Crippen molar-refractivity contribution in [2.24, 2.45) is 5.10 Å².